The molecule has 21 heavy (non-hydrogen) atoms. The fourth-order valence-electron chi connectivity index (χ4n) is 1.78. The van der Waals surface area contributed by atoms with Crippen LogP contribution in [0.4, 0.5) is 4.79 Å². The number of imide groups is 2. The molecular formula is C15H14N2O4. The molecule has 0 radical (unpaired) electrons. The number of ether oxygens (including phenoxy) is 1. The predicted molar refractivity (Wildman–Crippen MR) is 76.4 cm³/mol. The highest BCUT2D eigenvalue weighted by Crippen LogP contribution is 2.22. The number of benzene rings is 1. The number of carbonyl (C=O) groups is 3. The average molecular weight is 286 g/mol. The molecule has 0 aromatic heterocycles. The maximum absolute atomic E-state index is 12.0. The number of nitrogens with zero attached hydrogens (tertiary/aromatic N) is 1. The van der Waals surface area contributed by atoms with Gasteiger partial charge in [0.25, 0.3) is 11.8 Å². The summed E-state index contributed by atoms with van der Waals surface area (Å²) in [5.41, 5.74) is 0.451. The minimum Gasteiger partial charge on any atom is -0.489 e. The van der Waals surface area contributed by atoms with Crippen molar-refractivity contribution in [2.24, 2.45) is 0 Å². The molecule has 0 spiro atoms. The Balaban J connectivity index is 2.38. The molecule has 2 rings (SSSR count). The number of hydrogen-bond acceptors (Lipinski definition) is 4. The molecule has 0 bridgehead atoms. The van der Waals surface area contributed by atoms with Gasteiger partial charge in [-0.05, 0) is 12.1 Å². The predicted octanol–water partition coefficient (Wildman–Crippen LogP) is 1.34. The molecular weight excluding hydrogens is 272 g/mol. The van der Waals surface area contributed by atoms with Gasteiger partial charge >= 0.3 is 6.03 Å². The van der Waals surface area contributed by atoms with E-state index in [-0.39, 0.29) is 5.57 Å². The first-order valence-corrected chi connectivity index (χ1v) is 6.22. The van der Waals surface area contributed by atoms with Crippen molar-refractivity contribution in [3.63, 3.8) is 0 Å². The largest absolute Gasteiger partial charge is 0.489 e. The second kappa shape index (κ2) is 6.04. The van der Waals surface area contributed by atoms with E-state index in [2.05, 4.69) is 11.9 Å². The Morgan fingerprint density at radius 2 is 2.00 bits per heavy atom. The Morgan fingerprint density at radius 3 is 2.71 bits per heavy atom. The van der Waals surface area contributed by atoms with Crippen LogP contribution in [0.3, 0.4) is 0 Å². The number of barbiturate groups is 1. The number of para-hydroxylation sites is 1. The van der Waals surface area contributed by atoms with Gasteiger partial charge in [-0.25, -0.2) is 4.79 Å². The van der Waals surface area contributed by atoms with Crippen LogP contribution in [-0.2, 0) is 9.59 Å². The van der Waals surface area contributed by atoms with Crippen LogP contribution in [0.25, 0.3) is 6.08 Å². The molecule has 0 atom stereocenters. The monoisotopic (exact) mass is 286 g/mol. The Bertz CT molecular complexity index is 649. The lowest BCUT2D eigenvalue weighted by atomic mass is 10.1. The lowest BCUT2D eigenvalue weighted by molar-refractivity contribution is -0.129. The summed E-state index contributed by atoms with van der Waals surface area (Å²) in [6.45, 7) is 3.86. The van der Waals surface area contributed by atoms with Gasteiger partial charge < -0.3 is 4.74 Å². The van der Waals surface area contributed by atoms with Crippen LogP contribution in [0.15, 0.2) is 42.5 Å². The van der Waals surface area contributed by atoms with E-state index in [1.54, 1.807) is 30.3 Å². The van der Waals surface area contributed by atoms with Crippen LogP contribution in [0.5, 0.6) is 5.75 Å². The summed E-state index contributed by atoms with van der Waals surface area (Å²) in [6.07, 6.45) is 2.99. The van der Waals surface area contributed by atoms with E-state index in [9.17, 15) is 14.4 Å². The summed E-state index contributed by atoms with van der Waals surface area (Å²) in [7, 11) is 1.30. The number of urea groups is 1. The molecule has 1 saturated heterocycles. The lowest BCUT2D eigenvalue weighted by Gasteiger charge is -2.22. The molecule has 0 saturated carbocycles. The van der Waals surface area contributed by atoms with Gasteiger partial charge in [0.1, 0.15) is 17.9 Å². The third-order valence-corrected chi connectivity index (χ3v) is 2.88. The topological polar surface area (TPSA) is 75.7 Å². The molecule has 0 unspecified atom stereocenters. The minimum absolute atomic E-state index is 0.119. The fourth-order valence-corrected chi connectivity index (χ4v) is 1.78. The van der Waals surface area contributed by atoms with Crippen LogP contribution in [0, 0.1) is 0 Å². The third-order valence-electron chi connectivity index (χ3n) is 2.88. The van der Waals surface area contributed by atoms with Crippen LogP contribution in [0.1, 0.15) is 5.56 Å². The quantitative estimate of drug-likeness (QED) is 0.515. The lowest BCUT2D eigenvalue weighted by Crippen LogP contribution is -2.52. The van der Waals surface area contributed by atoms with Gasteiger partial charge in [0.15, 0.2) is 0 Å². The fraction of sp³-hybridized carbons (Fsp3) is 0.133. The van der Waals surface area contributed by atoms with E-state index < -0.39 is 17.8 Å². The van der Waals surface area contributed by atoms with Crippen molar-refractivity contribution in [1.29, 1.82) is 0 Å². The van der Waals surface area contributed by atoms with Crippen LogP contribution < -0.4 is 10.1 Å². The molecule has 1 aliphatic rings. The van der Waals surface area contributed by atoms with Crippen molar-refractivity contribution < 1.29 is 19.1 Å². The van der Waals surface area contributed by atoms with Gasteiger partial charge in [0, 0.05) is 12.6 Å². The Labute approximate surface area is 121 Å². The molecule has 1 aliphatic heterocycles. The van der Waals surface area contributed by atoms with E-state index in [4.69, 9.17) is 4.74 Å². The van der Waals surface area contributed by atoms with E-state index in [1.807, 2.05) is 0 Å². The van der Waals surface area contributed by atoms with Crippen molar-refractivity contribution in [2.45, 2.75) is 0 Å². The number of carbonyl (C=O) groups excluding carboxylic acids is 3. The molecule has 0 aliphatic carbocycles. The Morgan fingerprint density at radius 1 is 1.29 bits per heavy atom. The van der Waals surface area contributed by atoms with Gasteiger partial charge in [0.05, 0.1) is 0 Å². The number of nitrogens with one attached hydrogen (secondary N) is 1. The number of likely N-dealkylation sites (N-methyl/N-ethyl adjacent to an activating group) is 1. The zero-order valence-corrected chi connectivity index (χ0v) is 11.5. The summed E-state index contributed by atoms with van der Waals surface area (Å²) >= 11 is 0. The Hall–Kier alpha value is -2.89. The highest BCUT2D eigenvalue weighted by molar-refractivity contribution is 6.30. The van der Waals surface area contributed by atoms with Gasteiger partial charge in [-0.2, -0.15) is 0 Å². The molecule has 6 heteroatoms. The maximum Gasteiger partial charge on any atom is 0.331 e. The normalized spacial score (nSPS) is 16.9. The van der Waals surface area contributed by atoms with Crippen molar-refractivity contribution in [2.75, 3.05) is 13.7 Å². The van der Waals surface area contributed by atoms with Crippen LogP contribution >= 0.6 is 0 Å². The van der Waals surface area contributed by atoms with Gasteiger partial charge in [-0.1, -0.05) is 30.9 Å². The summed E-state index contributed by atoms with van der Waals surface area (Å²) in [5.74, 6) is -0.853. The van der Waals surface area contributed by atoms with Gasteiger partial charge in [-0.3, -0.25) is 19.8 Å². The van der Waals surface area contributed by atoms with E-state index >= 15 is 0 Å². The second-order valence-electron chi connectivity index (χ2n) is 4.32. The average Bonchev–Trinajstić information content (AvgIpc) is 2.48. The first-order chi connectivity index (χ1) is 10.0. The number of rotatable bonds is 4. The molecule has 6 nitrogen and oxygen atoms in total. The molecule has 1 aromatic carbocycles. The van der Waals surface area contributed by atoms with Gasteiger partial charge in [-0.15, -0.1) is 0 Å². The first kappa shape index (κ1) is 14.5. The second-order valence-corrected chi connectivity index (χ2v) is 4.32. The standard InChI is InChI=1S/C15H14N2O4/c1-3-8-21-12-7-5-4-6-10(12)9-11-13(18)16-15(20)17(2)14(11)19/h3-7,9H,1,8H2,2H3,(H,16,18,20)/b11-9+. The van der Waals surface area contributed by atoms with E-state index in [0.29, 0.717) is 17.9 Å². The maximum atomic E-state index is 12.0. The number of amides is 4. The molecule has 1 heterocycles. The van der Waals surface area contributed by atoms with E-state index in [0.717, 1.165) is 4.90 Å². The van der Waals surface area contributed by atoms with Crippen LogP contribution in [0.2, 0.25) is 0 Å². The summed E-state index contributed by atoms with van der Waals surface area (Å²) < 4.78 is 5.46. The smallest absolute Gasteiger partial charge is 0.331 e. The molecule has 1 aromatic rings. The van der Waals surface area contributed by atoms with Crippen molar-refractivity contribution in [1.82, 2.24) is 10.2 Å². The van der Waals surface area contributed by atoms with E-state index in [1.165, 1.54) is 13.1 Å². The van der Waals surface area contributed by atoms with Crippen LogP contribution in [-0.4, -0.2) is 36.4 Å². The summed E-state index contributed by atoms with van der Waals surface area (Å²) in [6, 6.07) is 6.23. The number of hydrogen-bond donors (Lipinski definition) is 1. The molecule has 4 amide bonds. The molecule has 1 N–H and O–H groups in total. The third kappa shape index (κ3) is 3.00. The zero-order valence-electron chi connectivity index (χ0n) is 11.5. The first-order valence-electron chi connectivity index (χ1n) is 6.22. The molecule has 1 fully saturated rings. The van der Waals surface area contributed by atoms with Crippen molar-refractivity contribution >= 4 is 23.9 Å². The minimum atomic E-state index is -0.738. The highest BCUT2D eigenvalue weighted by atomic mass is 16.5. The summed E-state index contributed by atoms with van der Waals surface area (Å²) in [5, 5.41) is 2.09. The SMILES string of the molecule is C=CCOc1ccccc1/C=C1\C(=O)NC(=O)N(C)C1=O. The molecule has 108 valence electrons. The van der Waals surface area contributed by atoms with Gasteiger partial charge in [0.2, 0.25) is 0 Å². The Kier molecular flexibility index (Phi) is 4.18. The highest BCUT2D eigenvalue weighted by Gasteiger charge is 2.33. The summed E-state index contributed by atoms with van der Waals surface area (Å²) in [4.78, 5) is 36.0. The van der Waals surface area contributed by atoms with Crippen molar-refractivity contribution in [3.05, 3.63) is 48.1 Å². The van der Waals surface area contributed by atoms with Crippen molar-refractivity contribution in [3.8, 4) is 5.75 Å². The zero-order chi connectivity index (χ0) is 15.4.